The lowest BCUT2D eigenvalue weighted by atomic mass is 10.2. The van der Waals surface area contributed by atoms with Crippen molar-refractivity contribution in [3.63, 3.8) is 0 Å². The average molecular weight is 387 g/mol. The summed E-state index contributed by atoms with van der Waals surface area (Å²) in [6.45, 7) is 4.48. The largest absolute Gasteiger partial charge is 0.507 e. The van der Waals surface area contributed by atoms with Gasteiger partial charge in [0.15, 0.2) is 5.82 Å². The normalized spacial score (nSPS) is 26.0. The van der Waals surface area contributed by atoms with Crippen LogP contribution >= 0.6 is 39.5 Å². The molecule has 1 aromatic heterocycles. The first-order valence-electron chi connectivity index (χ1n) is 6.64. The van der Waals surface area contributed by atoms with Crippen LogP contribution in [0.4, 0.5) is 0 Å². The van der Waals surface area contributed by atoms with Crippen molar-refractivity contribution in [2.75, 3.05) is 5.75 Å². The number of halogens is 1. The molecule has 1 saturated heterocycles. The number of benzene rings is 1. The number of aromatic hydroxyl groups is 1. The summed E-state index contributed by atoms with van der Waals surface area (Å²) in [4.78, 5) is 4.47. The number of hydrogen-bond donors (Lipinski definition) is 1. The van der Waals surface area contributed by atoms with Crippen LogP contribution in [0.1, 0.15) is 24.9 Å². The third-order valence-corrected chi connectivity index (χ3v) is 7.35. The highest BCUT2D eigenvalue weighted by molar-refractivity contribution is 9.10. The molecule has 112 valence electrons. The third-order valence-electron chi connectivity index (χ3n) is 3.47. The number of thioether (sulfide) groups is 2. The zero-order chi connectivity index (χ0) is 15.0. The molecule has 2 aromatic rings. The maximum absolute atomic E-state index is 9.97. The van der Waals surface area contributed by atoms with Crippen LogP contribution in [-0.2, 0) is 0 Å². The van der Waals surface area contributed by atoms with Crippen molar-refractivity contribution in [2.24, 2.45) is 0 Å². The van der Waals surface area contributed by atoms with E-state index in [2.05, 4.69) is 39.9 Å². The Morgan fingerprint density at radius 2 is 2.14 bits per heavy atom. The van der Waals surface area contributed by atoms with Gasteiger partial charge in [0, 0.05) is 20.7 Å². The molecule has 7 heteroatoms. The van der Waals surface area contributed by atoms with Gasteiger partial charge < -0.3 is 9.63 Å². The molecule has 1 aromatic carbocycles. The molecule has 0 spiro atoms. The van der Waals surface area contributed by atoms with Crippen LogP contribution < -0.4 is 0 Å². The van der Waals surface area contributed by atoms with Crippen molar-refractivity contribution in [2.45, 2.75) is 29.6 Å². The van der Waals surface area contributed by atoms with Gasteiger partial charge in [-0.1, -0.05) is 34.9 Å². The van der Waals surface area contributed by atoms with Gasteiger partial charge in [0.1, 0.15) is 5.75 Å². The van der Waals surface area contributed by atoms with Gasteiger partial charge >= 0.3 is 0 Å². The Morgan fingerprint density at radius 1 is 1.33 bits per heavy atom. The molecule has 0 amide bonds. The molecular weight excluding hydrogens is 372 g/mol. The number of phenolic OH excluding ortho intramolecular Hbond substituents is 1. The van der Waals surface area contributed by atoms with E-state index in [1.165, 1.54) is 0 Å². The summed E-state index contributed by atoms with van der Waals surface area (Å²) in [7, 11) is 0. The van der Waals surface area contributed by atoms with Gasteiger partial charge in [0.2, 0.25) is 0 Å². The van der Waals surface area contributed by atoms with Gasteiger partial charge in [0.25, 0.3) is 5.89 Å². The van der Waals surface area contributed by atoms with Gasteiger partial charge in [-0.25, -0.2) is 0 Å². The Bertz CT molecular complexity index is 650. The second-order valence-electron chi connectivity index (χ2n) is 4.99. The molecule has 2 heterocycles. The van der Waals surface area contributed by atoms with E-state index in [1.54, 1.807) is 12.1 Å². The van der Waals surface area contributed by atoms with Crippen molar-refractivity contribution in [3.8, 4) is 17.2 Å². The first-order valence-corrected chi connectivity index (χ1v) is 9.42. The fourth-order valence-corrected chi connectivity index (χ4v) is 5.26. The highest BCUT2D eigenvalue weighted by atomic mass is 79.9. The van der Waals surface area contributed by atoms with E-state index in [-0.39, 0.29) is 11.0 Å². The summed E-state index contributed by atoms with van der Waals surface area (Å²) < 4.78 is 6.14. The molecular formula is C14H15BrN2O2S2. The number of rotatable bonds is 2. The van der Waals surface area contributed by atoms with Crippen molar-refractivity contribution >= 4 is 39.5 Å². The highest BCUT2D eigenvalue weighted by Gasteiger charge is 2.30. The van der Waals surface area contributed by atoms with Crippen LogP contribution in [0.3, 0.4) is 0 Å². The van der Waals surface area contributed by atoms with Crippen LogP contribution in [0, 0.1) is 0 Å². The van der Waals surface area contributed by atoms with Crippen LogP contribution in [0.15, 0.2) is 27.2 Å². The van der Waals surface area contributed by atoms with Crippen molar-refractivity contribution in [1.29, 1.82) is 0 Å². The van der Waals surface area contributed by atoms with Gasteiger partial charge in [-0.05, 0) is 18.2 Å². The smallest absolute Gasteiger partial charge is 0.261 e. The van der Waals surface area contributed by atoms with Gasteiger partial charge in [-0.15, -0.1) is 11.8 Å². The molecule has 1 N–H and O–H groups in total. The van der Waals surface area contributed by atoms with Crippen LogP contribution in [0.25, 0.3) is 11.5 Å². The van der Waals surface area contributed by atoms with E-state index in [1.807, 2.05) is 29.6 Å². The topological polar surface area (TPSA) is 59.2 Å². The monoisotopic (exact) mass is 386 g/mol. The molecule has 0 saturated carbocycles. The molecule has 21 heavy (non-hydrogen) atoms. The Hall–Kier alpha value is -0.660. The predicted octanol–water partition coefficient (Wildman–Crippen LogP) is 4.50. The molecule has 4 nitrogen and oxygen atoms in total. The Kier molecular flexibility index (Phi) is 4.51. The minimum atomic E-state index is 0.132. The van der Waals surface area contributed by atoms with E-state index < -0.39 is 0 Å². The van der Waals surface area contributed by atoms with E-state index in [0.29, 0.717) is 27.8 Å². The second-order valence-corrected chi connectivity index (χ2v) is 8.90. The van der Waals surface area contributed by atoms with E-state index in [0.717, 1.165) is 10.2 Å². The molecule has 1 aliphatic heterocycles. The molecule has 3 atom stereocenters. The molecule has 3 rings (SSSR count). The molecule has 3 unspecified atom stereocenters. The van der Waals surface area contributed by atoms with Crippen molar-refractivity contribution < 1.29 is 9.63 Å². The highest BCUT2D eigenvalue weighted by Crippen LogP contribution is 2.43. The van der Waals surface area contributed by atoms with E-state index >= 15 is 0 Å². The predicted molar refractivity (Wildman–Crippen MR) is 90.8 cm³/mol. The van der Waals surface area contributed by atoms with Crippen LogP contribution in [0.2, 0.25) is 0 Å². The summed E-state index contributed by atoms with van der Waals surface area (Å²) in [6, 6.07) is 5.23. The lowest BCUT2D eigenvalue weighted by molar-refractivity contribution is 0.417. The lowest BCUT2D eigenvalue weighted by Crippen LogP contribution is -2.22. The fraction of sp³-hybridized carbons (Fsp3) is 0.429. The maximum Gasteiger partial charge on any atom is 0.261 e. The first-order chi connectivity index (χ1) is 10.0. The maximum atomic E-state index is 9.97. The Morgan fingerprint density at radius 3 is 2.86 bits per heavy atom. The fourth-order valence-electron chi connectivity index (χ4n) is 2.08. The Balaban J connectivity index is 1.83. The zero-order valence-electron chi connectivity index (χ0n) is 11.6. The van der Waals surface area contributed by atoms with Crippen LogP contribution in [-0.4, -0.2) is 31.5 Å². The van der Waals surface area contributed by atoms with Gasteiger partial charge in [-0.3, -0.25) is 0 Å². The number of hydrogen-bond acceptors (Lipinski definition) is 6. The number of aromatic nitrogens is 2. The third kappa shape index (κ3) is 3.24. The number of nitrogens with zero attached hydrogens (tertiary/aromatic N) is 2. The van der Waals surface area contributed by atoms with Gasteiger partial charge in [-0.2, -0.15) is 16.7 Å². The molecule has 1 aliphatic rings. The molecule has 0 aliphatic carbocycles. The SMILES string of the molecule is CC1SCC(c2noc(-c3ccc(Br)cc3O)n2)SC1C. The minimum Gasteiger partial charge on any atom is -0.507 e. The van der Waals surface area contributed by atoms with E-state index in [4.69, 9.17) is 4.52 Å². The average Bonchev–Trinajstić information content (AvgIpc) is 2.91. The quantitative estimate of drug-likeness (QED) is 0.819. The lowest BCUT2D eigenvalue weighted by Gasteiger charge is -2.29. The van der Waals surface area contributed by atoms with Gasteiger partial charge in [0.05, 0.1) is 10.8 Å². The summed E-state index contributed by atoms with van der Waals surface area (Å²) in [5, 5.41) is 15.5. The summed E-state index contributed by atoms with van der Waals surface area (Å²) in [5.74, 6) is 2.20. The molecule has 1 fully saturated rings. The molecule has 0 bridgehead atoms. The summed E-state index contributed by atoms with van der Waals surface area (Å²) >= 11 is 7.14. The Labute approximate surface area is 140 Å². The zero-order valence-corrected chi connectivity index (χ0v) is 14.8. The standard InChI is InChI=1S/C14H15BrN2O2S2/c1-7-8(2)21-12(6-20-7)13-16-14(19-17-13)10-4-3-9(15)5-11(10)18/h3-5,7-8,12,18H,6H2,1-2H3. The van der Waals surface area contributed by atoms with Crippen molar-refractivity contribution in [1.82, 2.24) is 10.1 Å². The minimum absolute atomic E-state index is 0.132. The summed E-state index contributed by atoms with van der Waals surface area (Å²) in [5.41, 5.74) is 0.562. The second kappa shape index (κ2) is 6.22. The first kappa shape index (κ1) is 15.2. The van der Waals surface area contributed by atoms with Crippen LogP contribution in [0.5, 0.6) is 5.75 Å². The van der Waals surface area contributed by atoms with E-state index in [9.17, 15) is 5.11 Å². The number of phenols is 1. The van der Waals surface area contributed by atoms with Crippen molar-refractivity contribution in [3.05, 3.63) is 28.5 Å². The molecule has 0 radical (unpaired) electrons. The summed E-state index contributed by atoms with van der Waals surface area (Å²) in [6.07, 6.45) is 0.